The zero-order valence-corrected chi connectivity index (χ0v) is 18.4. The van der Waals surface area contributed by atoms with Gasteiger partial charge in [-0.25, -0.2) is 9.78 Å². The van der Waals surface area contributed by atoms with Gasteiger partial charge in [-0.05, 0) is 58.4 Å². The van der Waals surface area contributed by atoms with Gasteiger partial charge in [0.05, 0.1) is 6.42 Å². The monoisotopic (exact) mass is 398 g/mol. The van der Waals surface area contributed by atoms with Crippen LogP contribution >= 0.6 is 0 Å². The fourth-order valence-corrected chi connectivity index (χ4v) is 4.83. The SMILES string of the molecule is CC(=C\Cc1ccccc1)/C=C(\C)CC(C)CC1(C)CC2(C)OC(=O)CC2OO1. The molecule has 3 rings (SSSR count). The molecule has 2 fully saturated rings. The molecule has 0 radical (unpaired) electrons. The minimum atomic E-state index is -0.578. The van der Waals surface area contributed by atoms with Gasteiger partial charge >= 0.3 is 5.97 Å². The number of carbonyl (C=O) groups is 1. The van der Waals surface area contributed by atoms with Crippen molar-refractivity contribution in [2.75, 3.05) is 0 Å². The van der Waals surface area contributed by atoms with Gasteiger partial charge in [0.25, 0.3) is 0 Å². The summed E-state index contributed by atoms with van der Waals surface area (Å²) in [7, 11) is 0. The van der Waals surface area contributed by atoms with Crippen LogP contribution in [0.1, 0.15) is 65.9 Å². The van der Waals surface area contributed by atoms with Crippen LogP contribution in [0.4, 0.5) is 0 Å². The maximum Gasteiger partial charge on any atom is 0.309 e. The summed E-state index contributed by atoms with van der Waals surface area (Å²) in [6.07, 6.45) is 8.00. The quantitative estimate of drug-likeness (QED) is 0.335. The Balaban J connectivity index is 1.53. The van der Waals surface area contributed by atoms with Crippen LogP contribution in [0.2, 0.25) is 0 Å². The molecule has 0 spiro atoms. The number of ether oxygens (including phenoxy) is 1. The number of hydrogen-bond acceptors (Lipinski definition) is 4. The van der Waals surface area contributed by atoms with Crippen molar-refractivity contribution >= 4 is 5.97 Å². The Morgan fingerprint density at radius 2 is 1.97 bits per heavy atom. The highest BCUT2D eigenvalue weighted by Gasteiger charge is 2.55. The molecule has 158 valence electrons. The number of benzene rings is 1. The van der Waals surface area contributed by atoms with Gasteiger partial charge in [0.15, 0.2) is 0 Å². The van der Waals surface area contributed by atoms with Crippen LogP contribution < -0.4 is 0 Å². The molecule has 4 nitrogen and oxygen atoms in total. The van der Waals surface area contributed by atoms with E-state index in [-0.39, 0.29) is 18.5 Å². The van der Waals surface area contributed by atoms with Gasteiger partial charge in [-0.15, -0.1) is 0 Å². The van der Waals surface area contributed by atoms with E-state index in [9.17, 15) is 4.79 Å². The van der Waals surface area contributed by atoms with Gasteiger partial charge in [0.1, 0.15) is 17.3 Å². The summed E-state index contributed by atoms with van der Waals surface area (Å²) in [4.78, 5) is 23.0. The fourth-order valence-electron chi connectivity index (χ4n) is 4.83. The summed E-state index contributed by atoms with van der Waals surface area (Å²) in [5.74, 6) is 0.231. The normalized spacial score (nSPS) is 31.3. The van der Waals surface area contributed by atoms with Crippen molar-refractivity contribution < 1.29 is 19.3 Å². The minimum Gasteiger partial charge on any atom is -0.456 e. The molecule has 0 aromatic heterocycles. The number of carbonyl (C=O) groups excluding carboxylic acids is 1. The first-order valence-electron chi connectivity index (χ1n) is 10.6. The first-order valence-corrected chi connectivity index (χ1v) is 10.6. The maximum atomic E-state index is 11.7. The van der Waals surface area contributed by atoms with Gasteiger partial charge in [-0.2, -0.15) is 0 Å². The third-order valence-electron chi connectivity index (χ3n) is 5.90. The van der Waals surface area contributed by atoms with Crippen LogP contribution in [0.3, 0.4) is 0 Å². The van der Waals surface area contributed by atoms with Crippen molar-refractivity contribution in [1.82, 2.24) is 0 Å². The highest BCUT2D eigenvalue weighted by atomic mass is 17.2. The van der Waals surface area contributed by atoms with Crippen molar-refractivity contribution in [1.29, 1.82) is 0 Å². The second-order valence-corrected chi connectivity index (χ2v) is 9.43. The van der Waals surface area contributed by atoms with E-state index in [0.29, 0.717) is 12.3 Å². The standard InChI is InChI=1S/C25H34O4/c1-18(11-12-21-9-7-6-8-10-21)13-19(2)14-20(3)16-24(4)17-25(5)22(28-29-24)15-23(26)27-25/h6-11,13,20,22H,12,14-17H2,1-5H3/b18-11+,19-13+. The van der Waals surface area contributed by atoms with E-state index in [1.54, 1.807) is 0 Å². The summed E-state index contributed by atoms with van der Waals surface area (Å²) >= 11 is 0. The Bertz CT molecular complexity index is 781. The molecular weight excluding hydrogens is 364 g/mol. The van der Waals surface area contributed by atoms with E-state index in [4.69, 9.17) is 14.5 Å². The lowest BCUT2D eigenvalue weighted by Crippen LogP contribution is -2.52. The van der Waals surface area contributed by atoms with Crippen LogP contribution in [0, 0.1) is 5.92 Å². The van der Waals surface area contributed by atoms with E-state index < -0.39 is 11.2 Å². The first-order chi connectivity index (χ1) is 13.7. The molecule has 0 N–H and O–H groups in total. The number of hydrogen-bond donors (Lipinski definition) is 0. The Labute approximate surface area is 174 Å². The van der Waals surface area contributed by atoms with Gasteiger partial charge in [-0.3, -0.25) is 4.79 Å². The molecule has 4 unspecified atom stereocenters. The minimum absolute atomic E-state index is 0.199. The van der Waals surface area contributed by atoms with Crippen molar-refractivity contribution in [3.05, 3.63) is 59.2 Å². The number of allylic oxidation sites excluding steroid dienone is 4. The van der Waals surface area contributed by atoms with Crippen molar-refractivity contribution in [3.63, 3.8) is 0 Å². The van der Waals surface area contributed by atoms with Crippen molar-refractivity contribution in [2.24, 2.45) is 5.92 Å². The van der Waals surface area contributed by atoms with Crippen molar-refractivity contribution in [3.8, 4) is 0 Å². The molecule has 0 bridgehead atoms. The lowest BCUT2D eigenvalue weighted by Gasteiger charge is -2.44. The molecule has 0 aliphatic carbocycles. The van der Waals surface area contributed by atoms with Gasteiger partial charge in [0, 0.05) is 6.42 Å². The molecule has 29 heavy (non-hydrogen) atoms. The van der Waals surface area contributed by atoms with E-state index >= 15 is 0 Å². The molecule has 4 heteroatoms. The van der Waals surface area contributed by atoms with Crippen LogP contribution in [-0.2, 0) is 25.7 Å². The summed E-state index contributed by atoms with van der Waals surface area (Å²) in [5, 5.41) is 0. The number of esters is 1. The topological polar surface area (TPSA) is 44.8 Å². The Hall–Kier alpha value is -1.91. The summed E-state index contributed by atoms with van der Waals surface area (Å²) < 4.78 is 5.56. The zero-order chi connectivity index (χ0) is 21.1. The Kier molecular flexibility index (Phi) is 6.65. The molecule has 0 amide bonds. The maximum absolute atomic E-state index is 11.7. The van der Waals surface area contributed by atoms with Gasteiger partial charge < -0.3 is 4.74 Å². The second-order valence-electron chi connectivity index (χ2n) is 9.43. The van der Waals surface area contributed by atoms with Crippen molar-refractivity contribution in [2.45, 2.75) is 84.0 Å². The van der Waals surface area contributed by atoms with Crippen LogP contribution in [0.25, 0.3) is 0 Å². The van der Waals surface area contributed by atoms with Gasteiger partial charge in [-0.1, -0.05) is 60.6 Å². The average molecular weight is 399 g/mol. The third kappa shape index (κ3) is 5.80. The molecular formula is C25H34O4. The van der Waals surface area contributed by atoms with Crippen LogP contribution in [0.15, 0.2) is 53.6 Å². The number of fused-ring (bicyclic) bond motifs is 1. The van der Waals surface area contributed by atoms with E-state index in [1.165, 1.54) is 16.7 Å². The van der Waals surface area contributed by atoms with Crippen LogP contribution in [0.5, 0.6) is 0 Å². The smallest absolute Gasteiger partial charge is 0.309 e. The molecule has 2 aliphatic rings. The van der Waals surface area contributed by atoms with E-state index in [2.05, 4.69) is 64.1 Å². The molecule has 2 saturated heterocycles. The summed E-state index contributed by atoms with van der Waals surface area (Å²) in [5.41, 5.74) is 2.94. The molecule has 2 aliphatic heterocycles. The first kappa shape index (κ1) is 21.8. The lowest BCUT2D eigenvalue weighted by atomic mass is 9.79. The van der Waals surface area contributed by atoms with E-state index in [1.807, 2.05) is 13.0 Å². The molecule has 4 atom stereocenters. The largest absolute Gasteiger partial charge is 0.456 e. The summed E-state index contributed by atoms with van der Waals surface area (Å²) in [6, 6.07) is 10.5. The molecule has 1 aromatic rings. The Morgan fingerprint density at radius 3 is 2.69 bits per heavy atom. The number of rotatable bonds is 7. The summed E-state index contributed by atoms with van der Waals surface area (Å²) in [6.45, 7) is 10.6. The predicted octanol–water partition coefficient (Wildman–Crippen LogP) is 5.72. The van der Waals surface area contributed by atoms with Crippen LogP contribution in [-0.4, -0.2) is 23.3 Å². The lowest BCUT2D eigenvalue weighted by molar-refractivity contribution is -0.429. The van der Waals surface area contributed by atoms with E-state index in [0.717, 1.165) is 19.3 Å². The van der Waals surface area contributed by atoms with Gasteiger partial charge in [0.2, 0.25) is 0 Å². The Morgan fingerprint density at radius 1 is 1.24 bits per heavy atom. The fraction of sp³-hybridized carbons (Fsp3) is 0.560. The zero-order valence-electron chi connectivity index (χ0n) is 18.4. The highest BCUT2D eigenvalue weighted by molar-refractivity contribution is 5.73. The second kappa shape index (κ2) is 8.85. The third-order valence-corrected chi connectivity index (χ3v) is 5.90. The highest BCUT2D eigenvalue weighted by Crippen LogP contribution is 2.44. The predicted molar refractivity (Wildman–Crippen MR) is 114 cm³/mol. The molecule has 1 aromatic carbocycles. The molecule has 2 heterocycles. The average Bonchev–Trinajstić information content (AvgIpc) is 2.92. The molecule has 0 saturated carbocycles.